The molecule has 0 aliphatic heterocycles. The number of carbonyl (C=O) groups is 1. The molecule has 4 heteroatoms. The molecule has 3 nitrogen and oxygen atoms in total. The Labute approximate surface area is 107 Å². The second-order valence-electron chi connectivity index (χ2n) is 4.71. The largest absolute Gasteiger partial charge is 0.353 e. The first kappa shape index (κ1) is 12.6. The fraction of sp³-hybridized carbons (Fsp3) is 0.615. The summed E-state index contributed by atoms with van der Waals surface area (Å²) in [7, 11) is 0. The highest BCUT2D eigenvalue weighted by molar-refractivity contribution is 7.12. The zero-order chi connectivity index (χ0) is 12.3. The van der Waals surface area contributed by atoms with Crippen molar-refractivity contribution in [1.82, 2.24) is 10.6 Å². The van der Waals surface area contributed by atoms with Gasteiger partial charge in [0.05, 0.1) is 0 Å². The summed E-state index contributed by atoms with van der Waals surface area (Å²) in [5, 5.41) is 6.32. The van der Waals surface area contributed by atoms with Crippen LogP contribution in [0.2, 0.25) is 0 Å². The zero-order valence-corrected chi connectivity index (χ0v) is 11.3. The Balaban J connectivity index is 1.62. The van der Waals surface area contributed by atoms with Crippen LogP contribution in [0.5, 0.6) is 0 Å². The van der Waals surface area contributed by atoms with Crippen molar-refractivity contribution in [2.24, 2.45) is 0 Å². The van der Waals surface area contributed by atoms with E-state index in [4.69, 9.17) is 0 Å². The summed E-state index contributed by atoms with van der Waals surface area (Å²) in [5.41, 5.74) is 1.36. The van der Waals surface area contributed by atoms with Crippen molar-refractivity contribution in [3.05, 3.63) is 21.4 Å². The topological polar surface area (TPSA) is 41.1 Å². The van der Waals surface area contributed by atoms with E-state index in [9.17, 15) is 4.79 Å². The number of thiophene rings is 1. The summed E-state index contributed by atoms with van der Waals surface area (Å²) in [6.07, 6.45) is 2.90. The predicted octanol–water partition coefficient (Wildman–Crippen LogP) is 2.12. The van der Waals surface area contributed by atoms with Crippen molar-refractivity contribution in [3.8, 4) is 0 Å². The lowest BCUT2D eigenvalue weighted by Gasteiger charge is -2.05. The summed E-state index contributed by atoms with van der Waals surface area (Å²) < 4.78 is 0. The van der Waals surface area contributed by atoms with Gasteiger partial charge in [-0.15, -0.1) is 11.3 Å². The molecule has 0 aromatic carbocycles. The van der Waals surface area contributed by atoms with E-state index in [-0.39, 0.29) is 5.91 Å². The van der Waals surface area contributed by atoms with E-state index in [2.05, 4.69) is 30.5 Å². The smallest absolute Gasteiger partial charge is 0.221 e. The number of hydrogen-bond donors (Lipinski definition) is 2. The molecule has 2 N–H and O–H groups in total. The van der Waals surface area contributed by atoms with E-state index < -0.39 is 0 Å². The highest BCUT2D eigenvalue weighted by atomic mass is 32.1. The maximum Gasteiger partial charge on any atom is 0.221 e. The van der Waals surface area contributed by atoms with Crippen LogP contribution in [-0.4, -0.2) is 18.5 Å². The van der Waals surface area contributed by atoms with E-state index in [0.29, 0.717) is 12.5 Å². The number of hydrogen-bond acceptors (Lipinski definition) is 3. The van der Waals surface area contributed by atoms with Crippen LogP contribution in [0, 0.1) is 13.8 Å². The van der Waals surface area contributed by atoms with E-state index in [0.717, 1.165) is 25.9 Å². The third-order valence-corrected chi connectivity index (χ3v) is 3.94. The van der Waals surface area contributed by atoms with Crippen molar-refractivity contribution in [3.63, 3.8) is 0 Å². The first-order valence-electron chi connectivity index (χ1n) is 6.21. The Morgan fingerprint density at radius 2 is 2.24 bits per heavy atom. The van der Waals surface area contributed by atoms with E-state index >= 15 is 0 Å². The Kier molecular flexibility index (Phi) is 4.18. The van der Waals surface area contributed by atoms with Crippen LogP contribution in [-0.2, 0) is 11.3 Å². The maximum atomic E-state index is 11.4. The highest BCUT2D eigenvalue weighted by Gasteiger charge is 2.22. The minimum Gasteiger partial charge on any atom is -0.353 e. The van der Waals surface area contributed by atoms with Crippen LogP contribution < -0.4 is 10.6 Å². The average Bonchev–Trinajstić information content (AvgIpc) is 3.00. The van der Waals surface area contributed by atoms with Gasteiger partial charge in [-0.25, -0.2) is 0 Å². The predicted molar refractivity (Wildman–Crippen MR) is 71.3 cm³/mol. The van der Waals surface area contributed by atoms with Gasteiger partial charge in [-0.1, -0.05) is 0 Å². The number of aryl methyl sites for hydroxylation is 2. The normalized spacial score (nSPS) is 14.9. The summed E-state index contributed by atoms with van der Waals surface area (Å²) in [6, 6.07) is 2.70. The molecule has 1 amide bonds. The first-order valence-corrected chi connectivity index (χ1v) is 7.03. The molecule has 1 aliphatic carbocycles. The molecule has 0 spiro atoms. The average molecular weight is 252 g/mol. The molecule has 1 aromatic rings. The molecule has 1 heterocycles. The fourth-order valence-corrected chi connectivity index (χ4v) is 2.76. The maximum absolute atomic E-state index is 11.4. The molecule has 2 rings (SSSR count). The van der Waals surface area contributed by atoms with Gasteiger partial charge in [0.15, 0.2) is 0 Å². The lowest BCUT2D eigenvalue weighted by Crippen LogP contribution is -2.29. The van der Waals surface area contributed by atoms with Crippen molar-refractivity contribution in [1.29, 1.82) is 0 Å². The second kappa shape index (κ2) is 5.65. The van der Waals surface area contributed by atoms with Gasteiger partial charge in [0.25, 0.3) is 0 Å². The van der Waals surface area contributed by atoms with Crippen LogP contribution >= 0.6 is 11.3 Å². The summed E-state index contributed by atoms with van der Waals surface area (Å²) in [5.74, 6) is 0.179. The van der Waals surface area contributed by atoms with E-state index in [1.54, 1.807) is 0 Å². The standard InChI is InChI=1S/C13H20N2OS/c1-9-7-11(10(2)17-9)8-14-6-5-13(16)15-12-3-4-12/h7,12,14H,3-6,8H2,1-2H3,(H,15,16). The van der Waals surface area contributed by atoms with Crippen LogP contribution in [0.3, 0.4) is 0 Å². The third-order valence-electron chi connectivity index (χ3n) is 2.93. The Hall–Kier alpha value is -0.870. The second-order valence-corrected chi connectivity index (χ2v) is 6.17. The monoisotopic (exact) mass is 252 g/mol. The molecular weight excluding hydrogens is 232 g/mol. The van der Waals surface area contributed by atoms with Gasteiger partial charge in [-0.05, 0) is 38.3 Å². The number of nitrogens with one attached hydrogen (secondary N) is 2. The summed E-state index contributed by atoms with van der Waals surface area (Å²) >= 11 is 1.83. The molecule has 0 bridgehead atoms. The van der Waals surface area contributed by atoms with E-state index in [1.807, 2.05) is 11.3 Å². The van der Waals surface area contributed by atoms with Crippen LogP contribution in [0.1, 0.15) is 34.6 Å². The minimum absolute atomic E-state index is 0.179. The van der Waals surface area contributed by atoms with E-state index in [1.165, 1.54) is 15.3 Å². The molecule has 94 valence electrons. The van der Waals surface area contributed by atoms with Crippen LogP contribution in [0.25, 0.3) is 0 Å². The first-order chi connectivity index (χ1) is 8.15. The molecule has 1 aliphatic rings. The molecule has 0 unspecified atom stereocenters. The highest BCUT2D eigenvalue weighted by Crippen LogP contribution is 2.20. The SMILES string of the molecule is Cc1cc(CNCCC(=O)NC2CC2)c(C)s1. The molecule has 1 fully saturated rings. The Morgan fingerprint density at radius 1 is 1.47 bits per heavy atom. The van der Waals surface area contributed by atoms with Crippen LogP contribution in [0.15, 0.2) is 6.07 Å². The third kappa shape index (κ3) is 4.13. The lowest BCUT2D eigenvalue weighted by molar-refractivity contribution is -0.121. The van der Waals surface area contributed by atoms with Gasteiger partial charge in [-0.3, -0.25) is 4.79 Å². The van der Waals surface area contributed by atoms with Crippen molar-refractivity contribution < 1.29 is 4.79 Å². The van der Waals surface area contributed by atoms with Gasteiger partial charge < -0.3 is 10.6 Å². The van der Waals surface area contributed by atoms with Gasteiger partial charge in [-0.2, -0.15) is 0 Å². The van der Waals surface area contributed by atoms with Gasteiger partial charge >= 0.3 is 0 Å². The van der Waals surface area contributed by atoms with Gasteiger partial charge in [0.2, 0.25) is 5.91 Å². The van der Waals surface area contributed by atoms with Crippen molar-refractivity contribution in [2.45, 2.75) is 45.7 Å². The summed E-state index contributed by atoms with van der Waals surface area (Å²) in [6.45, 7) is 5.90. The molecule has 0 atom stereocenters. The van der Waals surface area contributed by atoms with Gasteiger partial charge in [0.1, 0.15) is 0 Å². The molecular formula is C13H20N2OS. The quantitative estimate of drug-likeness (QED) is 0.762. The van der Waals surface area contributed by atoms with Crippen LogP contribution in [0.4, 0.5) is 0 Å². The number of rotatable bonds is 6. The van der Waals surface area contributed by atoms with Crippen molar-refractivity contribution >= 4 is 17.2 Å². The molecule has 0 radical (unpaired) electrons. The Bertz CT molecular complexity index is 396. The molecule has 1 aromatic heterocycles. The van der Waals surface area contributed by atoms with Crippen molar-refractivity contribution in [2.75, 3.05) is 6.54 Å². The zero-order valence-electron chi connectivity index (χ0n) is 10.5. The summed E-state index contributed by atoms with van der Waals surface area (Å²) in [4.78, 5) is 14.2. The fourth-order valence-electron chi connectivity index (χ4n) is 1.81. The number of carbonyl (C=O) groups excluding carboxylic acids is 1. The molecule has 1 saturated carbocycles. The lowest BCUT2D eigenvalue weighted by atomic mass is 10.2. The molecule has 0 saturated heterocycles. The Morgan fingerprint density at radius 3 is 2.82 bits per heavy atom. The number of amides is 1. The minimum atomic E-state index is 0.179. The van der Waals surface area contributed by atoms with Gasteiger partial charge in [0, 0.05) is 35.3 Å². The molecule has 17 heavy (non-hydrogen) atoms.